The molecule has 2 heterocycles. The highest BCUT2D eigenvalue weighted by molar-refractivity contribution is 5.90. The smallest absolute Gasteiger partial charge is 0.352 e. The van der Waals surface area contributed by atoms with Gasteiger partial charge in [0.2, 0.25) is 5.91 Å². The molecule has 0 radical (unpaired) electrons. The number of amides is 2. The van der Waals surface area contributed by atoms with Gasteiger partial charge in [0, 0.05) is 44.8 Å². The van der Waals surface area contributed by atoms with Crippen LogP contribution >= 0.6 is 0 Å². The first-order chi connectivity index (χ1) is 12.1. The Hall–Kier alpha value is -1.35. The van der Waals surface area contributed by atoms with Gasteiger partial charge in [-0.2, -0.15) is 13.2 Å². The van der Waals surface area contributed by atoms with Gasteiger partial charge in [-0.05, 0) is 33.2 Å². The lowest BCUT2D eigenvalue weighted by Crippen LogP contribution is -2.59. The summed E-state index contributed by atoms with van der Waals surface area (Å²) in [6, 6.07) is -1.03. The fourth-order valence-electron chi connectivity index (χ4n) is 3.65. The predicted molar refractivity (Wildman–Crippen MR) is 91.6 cm³/mol. The molecule has 0 bridgehead atoms. The van der Waals surface area contributed by atoms with E-state index in [1.165, 1.54) is 0 Å². The summed E-state index contributed by atoms with van der Waals surface area (Å²) in [5.74, 6) is -2.43. The van der Waals surface area contributed by atoms with Crippen molar-refractivity contribution in [1.82, 2.24) is 20.0 Å². The van der Waals surface area contributed by atoms with Crippen molar-refractivity contribution >= 4 is 11.8 Å². The van der Waals surface area contributed by atoms with Gasteiger partial charge in [0.05, 0.1) is 0 Å². The van der Waals surface area contributed by atoms with Gasteiger partial charge in [-0.15, -0.1) is 0 Å². The van der Waals surface area contributed by atoms with E-state index in [1.807, 2.05) is 13.8 Å². The summed E-state index contributed by atoms with van der Waals surface area (Å²) < 4.78 is 38.0. The number of carbonyl (C=O) groups excluding carboxylic acids is 2. The van der Waals surface area contributed by atoms with Gasteiger partial charge in [-0.1, -0.05) is 6.92 Å². The van der Waals surface area contributed by atoms with Gasteiger partial charge in [-0.25, -0.2) is 0 Å². The second-order valence-corrected chi connectivity index (χ2v) is 7.61. The first-order valence-electron chi connectivity index (χ1n) is 9.19. The molecule has 26 heavy (non-hydrogen) atoms. The van der Waals surface area contributed by atoms with Crippen LogP contribution in [0.15, 0.2) is 0 Å². The molecule has 2 amide bonds. The Labute approximate surface area is 152 Å². The van der Waals surface area contributed by atoms with E-state index >= 15 is 0 Å². The lowest BCUT2D eigenvalue weighted by molar-refractivity contribution is -0.186. The van der Waals surface area contributed by atoms with Crippen molar-refractivity contribution in [3.05, 3.63) is 0 Å². The van der Waals surface area contributed by atoms with Crippen LogP contribution in [0.4, 0.5) is 13.2 Å². The third-order valence-corrected chi connectivity index (χ3v) is 5.43. The quantitative estimate of drug-likeness (QED) is 0.778. The summed E-state index contributed by atoms with van der Waals surface area (Å²) in [4.78, 5) is 29.2. The molecule has 2 rings (SSSR count). The van der Waals surface area contributed by atoms with Crippen LogP contribution < -0.4 is 5.32 Å². The molecule has 1 atom stereocenters. The van der Waals surface area contributed by atoms with Gasteiger partial charge in [-0.3, -0.25) is 14.5 Å². The second kappa shape index (κ2) is 8.12. The van der Waals surface area contributed by atoms with Crippen LogP contribution in [0.3, 0.4) is 0 Å². The standard InChI is InChI=1S/C17H29F3N4O2/c1-4-22-8-10-23(11-9-22)16(2,3)12-21-14(25)13-6-5-7-24(13)15(26)17(18,19)20/h13H,4-12H2,1-3H3,(H,21,25). The zero-order valence-corrected chi connectivity index (χ0v) is 15.7. The average molecular weight is 378 g/mol. The Balaban J connectivity index is 1.90. The molecule has 0 aromatic heterocycles. The molecule has 0 aromatic rings. The molecule has 2 fully saturated rings. The number of rotatable bonds is 5. The molecule has 0 spiro atoms. The number of halogens is 3. The van der Waals surface area contributed by atoms with E-state index < -0.39 is 24.0 Å². The molecule has 9 heteroatoms. The molecule has 2 aliphatic rings. The van der Waals surface area contributed by atoms with Crippen LogP contribution in [0.5, 0.6) is 0 Å². The minimum Gasteiger partial charge on any atom is -0.352 e. The third kappa shape index (κ3) is 4.88. The Morgan fingerprint density at radius 2 is 1.69 bits per heavy atom. The van der Waals surface area contributed by atoms with E-state index in [0.29, 0.717) is 17.9 Å². The number of hydrogen-bond donors (Lipinski definition) is 1. The summed E-state index contributed by atoms with van der Waals surface area (Å²) in [7, 11) is 0. The van der Waals surface area contributed by atoms with Crippen LogP contribution in [-0.2, 0) is 9.59 Å². The summed E-state index contributed by atoms with van der Waals surface area (Å²) in [6.45, 7) is 11.2. The van der Waals surface area contributed by atoms with E-state index in [9.17, 15) is 22.8 Å². The lowest BCUT2D eigenvalue weighted by atomic mass is 10.0. The van der Waals surface area contributed by atoms with E-state index in [0.717, 1.165) is 32.7 Å². The van der Waals surface area contributed by atoms with Crippen molar-refractivity contribution in [2.45, 2.75) is 51.4 Å². The fraction of sp³-hybridized carbons (Fsp3) is 0.882. The normalized spacial score (nSPS) is 23.3. The molecule has 2 aliphatic heterocycles. The SMILES string of the molecule is CCN1CCN(C(C)(C)CNC(=O)C2CCCN2C(=O)C(F)(F)F)CC1. The van der Waals surface area contributed by atoms with Crippen LogP contribution in [0, 0.1) is 0 Å². The highest BCUT2D eigenvalue weighted by Gasteiger charge is 2.47. The number of likely N-dealkylation sites (N-methyl/N-ethyl adjacent to an activating group) is 1. The molecule has 0 saturated carbocycles. The summed E-state index contributed by atoms with van der Waals surface area (Å²) in [5, 5.41) is 2.77. The van der Waals surface area contributed by atoms with Crippen LogP contribution in [-0.4, -0.2) is 90.1 Å². The highest BCUT2D eigenvalue weighted by Crippen LogP contribution is 2.26. The van der Waals surface area contributed by atoms with Crippen molar-refractivity contribution in [2.24, 2.45) is 0 Å². The summed E-state index contributed by atoms with van der Waals surface area (Å²) >= 11 is 0. The van der Waals surface area contributed by atoms with Crippen molar-refractivity contribution in [1.29, 1.82) is 0 Å². The van der Waals surface area contributed by atoms with Gasteiger partial charge < -0.3 is 15.1 Å². The zero-order valence-electron chi connectivity index (χ0n) is 15.7. The number of nitrogens with zero attached hydrogens (tertiary/aromatic N) is 3. The fourth-order valence-corrected chi connectivity index (χ4v) is 3.65. The highest BCUT2D eigenvalue weighted by atomic mass is 19.4. The molecule has 0 aliphatic carbocycles. The molecular weight excluding hydrogens is 349 g/mol. The maximum absolute atomic E-state index is 12.7. The monoisotopic (exact) mass is 378 g/mol. The van der Waals surface area contributed by atoms with E-state index in [1.54, 1.807) is 0 Å². The Morgan fingerprint density at radius 3 is 2.23 bits per heavy atom. The van der Waals surface area contributed by atoms with Crippen LogP contribution in [0.25, 0.3) is 0 Å². The number of piperazine rings is 1. The molecule has 0 aromatic carbocycles. The van der Waals surface area contributed by atoms with E-state index in [4.69, 9.17) is 0 Å². The van der Waals surface area contributed by atoms with Crippen molar-refractivity contribution in [2.75, 3.05) is 45.8 Å². The maximum Gasteiger partial charge on any atom is 0.471 e. The third-order valence-electron chi connectivity index (χ3n) is 5.43. The number of likely N-dealkylation sites (tertiary alicyclic amines) is 1. The molecule has 6 nitrogen and oxygen atoms in total. The Kier molecular flexibility index (Phi) is 6.55. The Morgan fingerprint density at radius 1 is 1.08 bits per heavy atom. The van der Waals surface area contributed by atoms with Gasteiger partial charge in [0.15, 0.2) is 0 Å². The van der Waals surface area contributed by atoms with Gasteiger partial charge in [0.1, 0.15) is 6.04 Å². The first-order valence-corrected chi connectivity index (χ1v) is 9.19. The molecule has 150 valence electrons. The molecular formula is C17H29F3N4O2. The average Bonchev–Trinajstić information content (AvgIpc) is 3.07. The molecule has 1 N–H and O–H groups in total. The van der Waals surface area contributed by atoms with Gasteiger partial charge in [0.25, 0.3) is 0 Å². The van der Waals surface area contributed by atoms with Crippen molar-refractivity contribution < 1.29 is 22.8 Å². The van der Waals surface area contributed by atoms with Crippen molar-refractivity contribution in [3.63, 3.8) is 0 Å². The minimum absolute atomic E-state index is 0.0290. The summed E-state index contributed by atoms with van der Waals surface area (Å²) in [6.07, 6.45) is -4.27. The first kappa shape index (κ1) is 21.0. The van der Waals surface area contributed by atoms with E-state index in [-0.39, 0.29) is 18.5 Å². The zero-order chi connectivity index (χ0) is 19.5. The predicted octanol–water partition coefficient (Wildman–Crippen LogP) is 1.07. The Bertz CT molecular complexity index is 517. The van der Waals surface area contributed by atoms with Crippen molar-refractivity contribution in [3.8, 4) is 0 Å². The van der Waals surface area contributed by atoms with Crippen LogP contribution in [0.1, 0.15) is 33.6 Å². The van der Waals surface area contributed by atoms with E-state index in [2.05, 4.69) is 22.0 Å². The van der Waals surface area contributed by atoms with Gasteiger partial charge >= 0.3 is 12.1 Å². The number of nitrogens with one attached hydrogen (secondary N) is 1. The summed E-state index contributed by atoms with van der Waals surface area (Å²) in [5.41, 5.74) is -0.299. The number of hydrogen-bond acceptors (Lipinski definition) is 4. The number of alkyl halides is 3. The minimum atomic E-state index is -4.94. The maximum atomic E-state index is 12.7. The van der Waals surface area contributed by atoms with Crippen LogP contribution in [0.2, 0.25) is 0 Å². The molecule has 1 unspecified atom stereocenters. The second-order valence-electron chi connectivity index (χ2n) is 7.61. The molecule has 2 saturated heterocycles. The topological polar surface area (TPSA) is 55.9 Å². The largest absolute Gasteiger partial charge is 0.471 e. The lowest BCUT2D eigenvalue weighted by Gasteiger charge is -2.44. The number of carbonyl (C=O) groups is 2.